The van der Waals surface area contributed by atoms with Gasteiger partial charge < -0.3 is 15.0 Å². The number of anilines is 1. The largest absolute Gasteiger partial charge is 0.495 e. The monoisotopic (exact) mass is 413 g/mol. The Hall–Kier alpha value is -3.39. The fourth-order valence-electron chi connectivity index (χ4n) is 2.64. The van der Waals surface area contributed by atoms with Gasteiger partial charge in [0.1, 0.15) is 5.75 Å². The summed E-state index contributed by atoms with van der Waals surface area (Å²) in [5.74, 6) is -0.346. The average Bonchev–Trinajstić information content (AvgIpc) is 3.18. The number of benzene rings is 2. The van der Waals surface area contributed by atoms with Crippen molar-refractivity contribution in [3.63, 3.8) is 0 Å². The highest BCUT2D eigenvalue weighted by Crippen LogP contribution is 2.27. The quantitative estimate of drug-likeness (QED) is 0.671. The Balaban J connectivity index is 1.65. The molecule has 150 valence electrons. The maximum Gasteiger partial charge on any atom is 0.276 e. The van der Waals surface area contributed by atoms with Crippen LogP contribution in [0.2, 0.25) is 5.02 Å². The minimum atomic E-state index is -0.420. The zero-order chi connectivity index (χ0) is 21.0. The Morgan fingerprint density at radius 3 is 2.62 bits per heavy atom. The van der Waals surface area contributed by atoms with Crippen LogP contribution in [0.5, 0.6) is 5.75 Å². The lowest BCUT2D eigenvalue weighted by Crippen LogP contribution is -2.35. The number of halogens is 1. The average molecular weight is 414 g/mol. The van der Waals surface area contributed by atoms with Gasteiger partial charge in [0.05, 0.1) is 31.2 Å². The molecule has 0 unspecified atom stereocenters. The number of rotatable bonds is 6. The Morgan fingerprint density at radius 1 is 1.21 bits per heavy atom. The van der Waals surface area contributed by atoms with Gasteiger partial charge in [0, 0.05) is 12.1 Å². The van der Waals surface area contributed by atoms with Gasteiger partial charge >= 0.3 is 0 Å². The molecule has 1 heterocycles. The summed E-state index contributed by atoms with van der Waals surface area (Å²) in [5, 5.41) is 11.1. The summed E-state index contributed by atoms with van der Waals surface area (Å²) >= 11 is 5.97. The second kappa shape index (κ2) is 8.74. The van der Waals surface area contributed by atoms with Crippen molar-refractivity contribution in [1.82, 2.24) is 19.9 Å². The van der Waals surface area contributed by atoms with Crippen LogP contribution in [0.25, 0.3) is 5.69 Å². The maximum atomic E-state index is 12.6. The van der Waals surface area contributed by atoms with Gasteiger partial charge in [-0.3, -0.25) is 9.59 Å². The highest BCUT2D eigenvalue weighted by atomic mass is 35.5. The number of ether oxygens (including phenoxy) is 1. The van der Waals surface area contributed by atoms with Gasteiger partial charge in [-0.05, 0) is 37.3 Å². The number of methoxy groups -OCH3 is 1. The molecule has 0 aliphatic carbocycles. The molecule has 0 saturated heterocycles. The molecule has 0 radical (unpaired) electrons. The van der Waals surface area contributed by atoms with Gasteiger partial charge in [0.25, 0.3) is 5.91 Å². The topological polar surface area (TPSA) is 89.4 Å². The van der Waals surface area contributed by atoms with Crippen molar-refractivity contribution in [3.05, 3.63) is 64.9 Å². The molecule has 29 heavy (non-hydrogen) atoms. The van der Waals surface area contributed by atoms with Crippen LogP contribution in [0.4, 0.5) is 5.69 Å². The third-order valence-electron chi connectivity index (χ3n) is 4.17. The smallest absolute Gasteiger partial charge is 0.276 e. The van der Waals surface area contributed by atoms with E-state index in [1.54, 1.807) is 18.2 Å². The summed E-state index contributed by atoms with van der Waals surface area (Å²) in [7, 11) is 3.01. The number of nitrogens with zero attached hydrogens (tertiary/aromatic N) is 4. The zero-order valence-corrected chi connectivity index (χ0v) is 17.0. The second-order valence-electron chi connectivity index (χ2n) is 6.44. The lowest BCUT2D eigenvalue weighted by atomic mass is 10.2. The van der Waals surface area contributed by atoms with Crippen LogP contribution in [0.1, 0.15) is 16.1 Å². The van der Waals surface area contributed by atoms with Crippen LogP contribution in [0.15, 0.2) is 48.7 Å². The molecule has 1 N–H and O–H groups in total. The van der Waals surface area contributed by atoms with Crippen LogP contribution < -0.4 is 10.1 Å². The highest BCUT2D eigenvalue weighted by Gasteiger charge is 2.19. The minimum Gasteiger partial charge on any atom is -0.495 e. The summed E-state index contributed by atoms with van der Waals surface area (Å²) < 4.78 is 6.71. The predicted molar refractivity (Wildman–Crippen MR) is 110 cm³/mol. The fraction of sp³-hybridized carbons (Fsp3) is 0.200. The third kappa shape index (κ3) is 4.91. The lowest BCUT2D eigenvalue weighted by molar-refractivity contribution is -0.116. The van der Waals surface area contributed by atoms with E-state index in [2.05, 4.69) is 15.6 Å². The van der Waals surface area contributed by atoms with E-state index in [-0.39, 0.29) is 12.2 Å². The normalized spacial score (nSPS) is 10.5. The summed E-state index contributed by atoms with van der Waals surface area (Å²) in [5.41, 5.74) is 2.47. The van der Waals surface area contributed by atoms with Crippen LogP contribution in [-0.4, -0.2) is 52.4 Å². The summed E-state index contributed by atoms with van der Waals surface area (Å²) in [6, 6.07) is 12.5. The molecule has 8 nitrogen and oxygen atoms in total. The first-order chi connectivity index (χ1) is 13.9. The van der Waals surface area contributed by atoms with Gasteiger partial charge in [0.2, 0.25) is 5.91 Å². The number of aromatic nitrogens is 3. The molecule has 3 aromatic rings. The first-order valence-corrected chi connectivity index (χ1v) is 9.13. The number of likely N-dealkylation sites (N-methyl/N-ethyl adjacent to an activating group) is 1. The van der Waals surface area contributed by atoms with Crippen LogP contribution in [0.3, 0.4) is 0 Å². The second-order valence-corrected chi connectivity index (χ2v) is 6.87. The first kappa shape index (κ1) is 20.3. The molecule has 0 bridgehead atoms. The van der Waals surface area contributed by atoms with Gasteiger partial charge in [-0.2, -0.15) is 0 Å². The fourth-order valence-corrected chi connectivity index (χ4v) is 2.81. The minimum absolute atomic E-state index is 0.140. The predicted octanol–water partition coefficient (Wildman–Crippen LogP) is 2.95. The number of nitrogens with one attached hydrogen (secondary N) is 1. The van der Waals surface area contributed by atoms with Crippen molar-refractivity contribution >= 4 is 29.1 Å². The standard InChI is InChI=1S/C20H20ClN5O3/c1-13-4-7-15(8-5-13)26-11-17(23-24-26)20(28)25(2)12-19(27)22-16-10-14(21)6-9-18(16)29-3/h4-11H,12H2,1-3H3,(H,22,27). The Labute approximate surface area is 173 Å². The number of carbonyl (C=O) groups is 2. The number of carbonyl (C=O) groups excluding carboxylic acids is 2. The molecular weight excluding hydrogens is 394 g/mol. The van der Waals surface area contributed by atoms with Gasteiger partial charge in [-0.15, -0.1) is 5.10 Å². The number of hydrogen-bond donors (Lipinski definition) is 1. The molecular formula is C20H20ClN5O3. The summed E-state index contributed by atoms with van der Waals surface area (Å²) in [6.07, 6.45) is 1.53. The van der Waals surface area contributed by atoms with E-state index in [4.69, 9.17) is 16.3 Å². The molecule has 0 spiro atoms. The van der Waals surface area contributed by atoms with Crippen LogP contribution in [-0.2, 0) is 4.79 Å². The van der Waals surface area contributed by atoms with Crippen LogP contribution >= 0.6 is 11.6 Å². The van der Waals surface area contributed by atoms with Gasteiger partial charge in [-0.25, -0.2) is 4.68 Å². The van der Waals surface area contributed by atoms with Gasteiger partial charge in [0.15, 0.2) is 5.69 Å². The Morgan fingerprint density at radius 2 is 1.93 bits per heavy atom. The van der Waals surface area contributed by atoms with E-state index in [1.165, 1.54) is 29.9 Å². The van der Waals surface area contributed by atoms with Crippen molar-refractivity contribution in [3.8, 4) is 11.4 Å². The zero-order valence-electron chi connectivity index (χ0n) is 16.2. The van der Waals surface area contributed by atoms with E-state index in [0.717, 1.165) is 11.3 Å². The first-order valence-electron chi connectivity index (χ1n) is 8.75. The Kier molecular flexibility index (Phi) is 6.13. The molecule has 0 atom stereocenters. The van der Waals surface area contributed by atoms with Crippen LogP contribution in [0, 0.1) is 6.92 Å². The molecule has 0 saturated carbocycles. The summed E-state index contributed by atoms with van der Waals surface area (Å²) in [4.78, 5) is 26.2. The summed E-state index contributed by atoms with van der Waals surface area (Å²) in [6.45, 7) is 1.81. The van der Waals surface area contributed by atoms with Crippen molar-refractivity contribution in [2.24, 2.45) is 0 Å². The number of aryl methyl sites for hydroxylation is 1. The van der Waals surface area contributed by atoms with Crippen molar-refractivity contribution in [2.45, 2.75) is 6.92 Å². The number of amides is 2. The molecule has 3 rings (SSSR count). The third-order valence-corrected chi connectivity index (χ3v) is 4.41. The molecule has 1 aromatic heterocycles. The van der Waals surface area contributed by atoms with E-state index in [0.29, 0.717) is 16.5 Å². The lowest BCUT2D eigenvalue weighted by Gasteiger charge is -2.16. The molecule has 2 aromatic carbocycles. The van der Waals surface area contributed by atoms with E-state index in [9.17, 15) is 9.59 Å². The molecule has 2 amide bonds. The van der Waals surface area contributed by atoms with Crippen molar-refractivity contribution in [2.75, 3.05) is 26.0 Å². The SMILES string of the molecule is COc1ccc(Cl)cc1NC(=O)CN(C)C(=O)c1cn(-c2ccc(C)cc2)nn1. The molecule has 0 aliphatic heterocycles. The van der Waals surface area contributed by atoms with Crippen molar-refractivity contribution in [1.29, 1.82) is 0 Å². The number of hydrogen-bond acceptors (Lipinski definition) is 5. The molecule has 0 fully saturated rings. The Bertz CT molecular complexity index is 1030. The molecule has 9 heteroatoms. The van der Waals surface area contributed by atoms with Crippen molar-refractivity contribution < 1.29 is 14.3 Å². The van der Waals surface area contributed by atoms with E-state index < -0.39 is 11.8 Å². The van der Waals surface area contributed by atoms with Gasteiger partial charge in [-0.1, -0.05) is 34.5 Å². The maximum absolute atomic E-state index is 12.6. The van der Waals surface area contributed by atoms with E-state index >= 15 is 0 Å². The highest BCUT2D eigenvalue weighted by molar-refractivity contribution is 6.31. The molecule has 0 aliphatic rings. The van der Waals surface area contributed by atoms with E-state index in [1.807, 2.05) is 31.2 Å².